The molecular formula is C12H11N3O2S2. The van der Waals surface area contributed by atoms with Crippen LogP contribution in [0, 0.1) is 0 Å². The summed E-state index contributed by atoms with van der Waals surface area (Å²) >= 11 is 6.25. The number of nitrogens with one attached hydrogen (secondary N) is 1. The Bertz CT molecular complexity index is 611. The number of methoxy groups -OCH3 is 1. The Labute approximate surface area is 119 Å². The molecule has 0 aliphatic rings. The second-order valence-corrected chi connectivity index (χ2v) is 4.77. The molecular weight excluding hydrogens is 282 g/mol. The van der Waals surface area contributed by atoms with E-state index in [-0.39, 0.29) is 10.9 Å². The van der Waals surface area contributed by atoms with Crippen LogP contribution in [0.4, 0.5) is 5.69 Å². The molecule has 0 bridgehead atoms. The molecule has 2 aromatic rings. The Morgan fingerprint density at radius 2 is 2.32 bits per heavy atom. The van der Waals surface area contributed by atoms with Crippen LogP contribution < -0.4 is 15.8 Å². The zero-order chi connectivity index (χ0) is 13.8. The number of rotatable bonds is 4. The van der Waals surface area contributed by atoms with Crippen molar-refractivity contribution in [1.82, 2.24) is 4.98 Å². The Kier molecular flexibility index (Phi) is 4.08. The second-order valence-electron chi connectivity index (χ2n) is 3.61. The summed E-state index contributed by atoms with van der Waals surface area (Å²) in [5.74, 6) is 0.205. The summed E-state index contributed by atoms with van der Waals surface area (Å²) in [4.78, 5) is 16.1. The minimum absolute atomic E-state index is 0.274. The van der Waals surface area contributed by atoms with Crippen LogP contribution in [0.15, 0.2) is 29.1 Å². The normalized spacial score (nSPS) is 9.95. The lowest BCUT2D eigenvalue weighted by Gasteiger charge is -2.10. The van der Waals surface area contributed by atoms with Gasteiger partial charge in [-0.2, -0.15) is 0 Å². The maximum Gasteiger partial charge on any atom is 0.275 e. The topological polar surface area (TPSA) is 77.2 Å². The lowest BCUT2D eigenvalue weighted by molar-refractivity contribution is 0.102. The maximum atomic E-state index is 11.9. The molecule has 0 spiro atoms. The first kappa shape index (κ1) is 13.4. The third-order valence-electron chi connectivity index (χ3n) is 2.40. The quantitative estimate of drug-likeness (QED) is 0.844. The highest BCUT2D eigenvalue weighted by molar-refractivity contribution is 7.80. The van der Waals surface area contributed by atoms with Gasteiger partial charge in [0.05, 0.1) is 18.3 Å². The first-order valence-electron chi connectivity index (χ1n) is 5.29. The third-order valence-corrected chi connectivity index (χ3v) is 3.22. The third kappa shape index (κ3) is 3.07. The Balaban J connectivity index is 2.25. The molecule has 1 aromatic heterocycles. The standard InChI is InChI=1S/C12H11N3O2S2/c1-17-10-4-7(11(13)18)2-3-8(10)15-12(16)9-5-19-6-14-9/h2-6H,1H3,(H2,13,18)(H,15,16). The van der Waals surface area contributed by atoms with E-state index in [0.717, 1.165) is 0 Å². The second kappa shape index (κ2) is 5.77. The van der Waals surface area contributed by atoms with E-state index < -0.39 is 0 Å². The highest BCUT2D eigenvalue weighted by Gasteiger charge is 2.12. The summed E-state index contributed by atoms with van der Waals surface area (Å²) in [6.45, 7) is 0. The van der Waals surface area contributed by atoms with Crippen LogP contribution in [-0.2, 0) is 0 Å². The number of amides is 1. The molecule has 3 N–H and O–H groups in total. The molecule has 0 atom stereocenters. The molecule has 0 aliphatic heterocycles. The molecule has 0 saturated heterocycles. The van der Waals surface area contributed by atoms with Crippen molar-refractivity contribution in [3.05, 3.63) is 40.3 Å². The predicted molar refractivity (Wildman–Crippen MR) is 78.9 cm³/mol. The van der Waals surface area contributed by atoms with E-state index >= 15 is 0 Å². The molecule has 7 heteroatoms. The van der Waals surface area contributed by atoms with Crippen LogP contribution >= 0.6 is 23.6 Å². The molecule has 0 radical (unpaired) electrons. The molecule has 1 heterocycles. The number of ether oxygens (including phenoxy) is 1. The highest BCUT2D eigenvalue weighted by Crippen LogP contribution is 2.26. The van der Waals surface area contributed by atoms with Crippen LogP contribution in [0.3, 0.4) is 0 Å². The summed E-state index contributed by atoms with van der Waals surface area (Å²) in [5, 5.41) is 4.40. The van der Waals surface area contributed by atoms with Gasteiger partial charge in [-0.15, -0.1) is 11.3 Å². The van der Waals surface area contributed by atoms with Gasteiger partial charge >= 0.3 is 0 Å². The SMILES string of the molecule is COc1cc(C(N)=S)ccc1NC(=O)c1cscn1. The number of carbonyl (C=O) groups is 1. The fourth-order valence-corrected chi connectivity index (χ4v) is 2.12. The van der Waals surface area contributed by atoms with E-state index in [1.165, 1.54) is 18.4 Å². The molecule has 2 rings (SSSR count). The van der Waals surface area contributed by atoms with Crippen molar-refractivity contribution < 1.29 is 9.53 Å². The van der Waals surface area contributed by atoms with Gasteiger partial charge < -0.3 is 15.8 Å². The van der Waals surface area contributed by atoms with Gasteiger partial charge in [0.2, 0.25) is 0 Å². The fraction of sp³-hybridized carbons (Fsp3) is 0.0833. The summed E-state index contributed by atoms with van der Waals surface area (Å²) < 4.78 is 5.21. The molecule has 1 aromatic carbocycles. The number of thiocarbonyl (C=S) groups is 1. The molecule has 19 heavy (non-hydrogen) atoms. The average molecular weight is 293 g/mol. The van der Waals surface area contributed by atoms with Crippen molar-refractivity contribution in [1.29, 1.82) is 0 Å². The Morgan fingerprint density at radius 3 is 2.89 bits per heavy atom. The van der Waals surface area contributed by atoms with E-state index in [4.69, 9.17) is 22.7 Å². The molecule has 0 saturated carbocycles. The summed E-state index contributed by atoms with van der Waals surface area (Å²) in [6.07, 6.45) is 0. The highest BCUT2D eigenvalue weighted by atomic mass is 32.1. The van der Waals surface area contributed by atoms with Crippen molar-refractivity contribution in [3.8, 4) is 5.75 Å². The number of nitrogens with zero attached hydrogens (tertiary/aromatic N) is 1. The minimum atomic E-state index is -0.289. The average Bonchev–Trinajstić information content (AvgIpc) is 2.92. The van der Waals surface area contributed by atoms with Crippen molar-refractivity contribution in [2.24, 2.45) is 5.73 Å². The zero-order valence-corrected chi connectivity index (χ0v) is 11.7. The molecule has 0 aliphatic carbocycles. The van der Waals surface area contributed by atoms with Crippen molar-refractivity contribution in [2.45, 2.75) is 0 Å². The first-order valence-corrected chi connectivity index (χ1v) is 6.64. The van der Waals surface area contributed by atoms with E-state index in [1.807, 2.05) is 0 Å². The van der Waals surface area contributed by atoms with E-state index in [1.54, 1.807) is 29.1 Å². The van der Waals surface area contributed by atoms with Gasteiger partial charge in [-0.05, 0) is 18.2 Å². The monoisotopic (exact) mass is 293 g/mol. The number of thiazole rings is 1. The number of benzene rings is 1. The first-order chi connectivity index (χ1) is 9.11. The van der Waals surface area contributed by atoms with Crippen LogP contribution in [-0.4, -0.2) is 23.0 Å². The Hall–Kier alpha value is -1.99. The minimum Gasteiger partial charge on any atom is -0.495 e. The Morgan fingerprint density at radius 1 is 1.53 bits per heavy atom. The smallest absolute Gasteiger partial charge is 0.275 e. The van der Waals surface area contributed by atoms with Crippen molar-refractivity contribution in [3.63, 3.8) is 0 Å². The summed E-state index contributed by atoms with van der Waals surface area (Å²) in [5.41, 5.74) is 8.73. The number of anilines is 1. The fourth-order valence-electron chi connectivity index (χ4n) is 1.46. The van der Waals surface area contributed by atoms with Gasteiger partial charge in [0, 0.05) is 10.9 Å². The lowest BCUT2D eigenvalue weighted by atomic mass is 10.2. The van der Waals surface area contributed by atoms with Crippen molar-refractivity contribution >= 4 is 40.1 Å². The van der Waals surface area contributed by atoms with Gasteiger partial charge in [0.25, 0.3) is 5.91 Å². The molecule has 0 fully saturated rings. The van der Waals surface area contributed by atoms with Crippen molar-refractivity contribution in [2.75, 3.05) is 12.4 Å². The van der Waals surface area contributed by atoms with Gasteiger partial charge in [-0.3, -0.25) is 4.79 Å². The molecule has 5 nitrogen and oxygen atoms in total. The van der Waals surface area contributed by atoms with Gasteiger partial charge in [-0.1, -0.05) is 12.2 Å². The molecule has 98 valence electrons. The van der Waals surface area contributed by atoms with Crippen LogP contribution in [0.1, 0.15) is 16.1 Å². The van der Waals surface area contributed by atoms with Crippen LogP contribution in [0.2, 0.25) is 0 Å². The number of hydrogen-bond donors (Lipinski definition) is 2. The molecule has 1 amide bonds. The van der Waals surface area contributed by atoms with Gasteiger partial charge in [0.1, 0.15) is 16.4 Å². The summed E-state index contributed by atoms with van der Waals surface area (Å²) in [7, 11) is 1.51. The molecule has 0 unspecified atom stereocenters. The van der Waals surface area contributed by atoms with E-state index in [2.05, 4.69) is 10.3 Å². The van der Waals surface area contributed by atoms with E-state index in [0.29, 0.717) is 22.7 Å². The number of carbonyl (C=O) groups excluding carboxylic acids is 1. The van der Waals surface area contributed by atoms with Gasteiger partial charge in [0.15, 0.2) is 0 Å². The maximum absolute atomic E-state index is 11.9. The lowest BCUT2D eigenvalue weighted by Crippen LogP contribution is -2.14. The van der Waals surface area contributed by atoms with Gasteiger partial charge in [-0.25, -0.2) is 4.98 Å². The van der Waals surface area contributed by atoms with Crippen LogP contribution in [0.25, 0.3) is 0 Å². The zero-order valence-electron chi connectivity index (χ0n) is 10.0. The largest absolute Gasteiger partial charge is 0.495 e. The number of hydrogen-bond acceptors (Lipinski definition) is 5. The van der Waals surface area contributed by atoms with Crippen LogP contribution in [0.5, 0.6) is 5.75 Å². The number of nitrogens with two attached hydrogens (primary N) is 1. The number of aromatic nitrogens is 1. The predicted octanol–water partition coefficient (Wildman–Crippen LogP) is 2.04. The summed E-state index contributed by atoms with van der Waals surface area (Å²) in [6, 6.07) is 5.10. The van der Waals surface area contributed by atoms with E-state index in [9.17, 15) is 4.79 Å².